The van der Waals surface area contributed by atoms with Gasteiger partial charge in [-0.3, -0.25) is 0 Å². The number of nitrogens with one attached hydrogen (secondary N) is 1. The van der Waals surface area contributed by atoms with Crippen LogP contribution in [0.2, 0.25) is 0 Å². The average molecular weight is 263 g/mol. The van der Waals surface area contributed by atoms with Crippen LogP contribution in [0.25, 0.3) is 0 Å². The number of ether oxygens (including phenoxy) is 1. The van der Waals surface area contributed by atoms with Gasteiger partial charge in [0.2, 0.25) is 0 Å². The van der Waals surface area contributed by atoms with Crippen LogP contribution in [0.5, 0.6) is 0 Å². The number of thiazole rings is 1. The highest BCUT2D eigenvalue weighted by Gasteiger charge is 2.17. The molecule has 94 valence electrons. The molecule has 0 radical (unpaired) electrons. The summed E-state index contributed by atoms with van der Waals surface area (Å²) in [5.74, 6) is -0.245. The van der Waals surface area contributed by atoms with E-state index in [1.165, 1.54) is 11.3 Å². The molecule has 2 aromatic rings. The van der Waals surface area contributed by atoms with Crippen molar-refractivity contribution in [3.63, 3.8) is 0 Å². The van der Waals surface area contributed by atoms with E-state index in [-0.39, 0.29) is 5.82 Å². The summed E-state index contributed by atoms with van der Waals surface area (Å²) < 4.78 is 4.90. The van der Waals surface area contributed by atoms with E-state index in [1.54, 1.807) is 6.92 Å². The lowest BCUT2D eigenvalue weighted by atomic mass is 10.3. The Kier molecular flexibility index (Phi) is 3.78. The van der Waals surface area contributed by atoms with Crippen molar-refractivity contribution in [2.45, 2.75) is 6.92 Å². The number of hydrogen-bond acceptors (Lipinski definition) is 6. The predicted octanol–water partition coefficient (Wildman–Crippen LogP) is 2.65. The van der Waals surface area contributed by atoms with Gasteiger partial charge in [0.25, 0.3) is 0 Å². The third-order valence-electron chi connectivity index (χ3n) is 2.14. The van der Waals surface area contributed by atoms with Gasteiger partial charge in [-0.2, -0.15) is 0 Å². The molecule has 1 aromatic heterocycles. The molecule has 0 unspecified atom stereocenters. The molecule has 3 N–H and O–H groups in total. The van der Waals surface area contributed by atoms with Gasteiger partial charge in [-0.15, -0.1) is 0 Å². The molecule has 0 bridgehead atoms. The molecular formula is C12H13N3O2S. The summed E-state index contributed by atoms with van der Waals surface area (Å²) in [7, 11) is 0. The Morgan fingerprint density at radius 2 is 2.17 bits per heavy atom. The number of carbonyl (C=O) groups is 1. The number of anilines is 3. The fraction of sp³-hybridized carbons (Fsp3) is 0.167. The van der Waals surface area contributed by atoms with Crippen LogP contribution < -0.4 is 11.1 Å². The fourth-order valence-corrected chi connectivity index (χ4v) is 2.17. The zero-order valence-corrected chi connectivity index (χ0v) is 10.7. The van der Waals surface area contributed by atoms with E-state index in [0.717, 1.165) is 5.69 Å². The van der Waals surface area contributed by atoms with E-state index < -0.39 is 5.97 Å². The number of nitrogens with zero attached hydrogens (tertiary/aromatic N) is 1. The Bertz CT molecular complexity index is 540. The van der Waals surface area contributed by atoms with Crippen molar-refractivity contribution < 1.29 is 9.53 Å². The van der Waals surface area contributed by atoms with Gasteiger partial charge < -0.3 is 15.8 Å². The van der Waals surface area contributed by atoms with Crippen LogP contribution in [0, 0.1) is 0 Å². The number of carbonyl (C=O) groups excluding carboxylic acids is 1. The van der Waals surface area contributed by atoms with Crippen LogP contribution in [0.15, 0.2) is 30.3 Å². The molecular weight excluding hydrogens is 250 g/mol. The summed E-state index contributed by atoms with van der Waals surface area (Å²) in [6.07, 6.45) is 0. The highest BCUT2D eigenvalue weighted by atomic mass is 32.1. The first-order chi connectivity index (χ1) is 8.70. The molecule has 6 heteroatoms. The Labute approximate surface area is 109 Å². The van der Waals surface area contributed by atoms with E-state index >= 15 is 0 Å². The second-order valence-electron chi connectivity index (χ2n) is 3.44. The number of para-hydroxylation sites is 1. The Hall–Kier alpha value is -2.08. The summed E-state index contributed by atoms with van der Waals surface area (Å²) in [5.41, 5.74) is 6.58. The summed E-state index contributed by atoms with van der Waals surface area (Å²) >= 11 is 1.18. The van der Waals surface area contributed by atoms with E-state index in [9.17, 15) is 4.79 Å². The second kappa shape index (κ2) is 5.50. The van der Waals surface area contributed by atoms with Crippen molar-refractivity contribution in [1.29, 1.82) is 0 Å². The van der Waals surface area contributed by atoms with Gasteiger partial charge in [-0.05, 0) is 19.1 Å². The van der Waals surface area contributed by atoms with E-state index in [1.807, 2.05) is 30.3 Å². The monoisotopic (exact) mass is 263 g/mol. The van der Waals surface area contributed by atoms with Gasteiger partial charge in [-0.1, -0.05) is 29.5 Å². The molecule has 0 atom stereocenters. The summed E-state index contributed by atoms with van der Waals surface area (Å²) in [6.45, 7) is 2.07. The maximum Gasteiger partial charge on any atom is 0.352 e. The van der Waals surface area contributed by atoms with Crippen molar-refractivity contribution in [2.24, 2.45) is 0 Å². The predicted molar refractivity (Wildman–Crippen MR) is 72.2 cm³/mol. The molecule has 0 aliphatic carbocycles. The molecule has 1 heterocycles. The first-order valence-corrected chi connectivity index (χ1v) is 6.28. The quantitative estimate of drug-likeness (QED) is 0.829. The number of esters is 1. The van der Waals surface area contributed by atoms with Crippen molar-refractivity contribution in [3.8, 4) is 0 Å². The van der Waals surface area contributed by atoms with Gasteiger partial charge in [0, 0.05) is 5.69 Å². The highest BCUT2D eigenvalue weighted by Crippen LogP contribution is 2.28. The van der Waals surface area contributed by atoms with Gasteiger partial charge in [0.1, 0.15) is 0 Å². The number of nitrogens with two attached hydrogens (primary N) is 1. The highest BCUT2D eigenvalue weighted by molar-refractivity contribution is 7.18. The first kappa shape index (κ1) is 12.4. The average Bonchev–Trinajstić information content (AvgIpc) is 2.72. The van der Waals surface area contributed by atoms with Crippen molar-refractivity contribution >= 4 is 33.9 Å². The van der Waals surface area contributed by atoms with Crippen LogP contribution in [0.3, 0.4) is 0 Å². The fourth-order valence-electron chi connectivity index (χ4n) is 1.37. The molecule has 0 aliphatic rings. The summed E-state index contributed by atoms with van der Waals surface area (Å²) in [5, 5.41) is 3.65. The van der Waals surface area contributed by atoms with Gasteiger partial charge in [0.15, 0.2) is 15.8 Å². The minimum absolute atomic E-state index is 0.192. The summed E-state index contributed by atoms with van der Waals surface area (Å²) in [4.78, 5) is 16.0. The normalized spacial score (nSPS) is 10.1. The van der Waals surface area contributed by atoms with E-state index in [4.69, 9.17) is 10.5 Å². The molecule has 5 nitrogen and oxygen atoms in total. The number of aromatic nitrogens is 1. The lowest BCUT2D eigenvalue weighted by molar-refractivity contribution is 0.0533. The largest absolute Gasteiger partial charge is 0.462 e. The molecule has 1 aromatic carbocycles. The maximum absolute atomic E-state index is 11.6. The zero-order chi connectivity index (χ0) is 13.0. The maximum atomic E-state index is 11.6. The van der Waals surface area contributed by atoms with E-state index in [0.29, 0.717) is 16.6 Å². The first-order valence-electron chi connectivity index (χ1n) is 5.46. The second-order valence-corrected chi connectivity index (χ2v) is 4.44. The molecule has 0 fully saturated rings. The van der Waals surface area contributed by atoms with Crippen LogP contribution in [0.4, 0.5) is 16.6 Å². The molecule has 0 aliphatic heterocycles. The SMILES string of the molecule is CCOC(=O)c1sc(Nc2ccccc2)nc1N. The number of hydrogen-bond donors (Lipinski definition) is 2. The van der Waals surface area contributed by atoms with Gasteiger partial charge in [0.05, 0.1) is 6.61 Å². The number of rotatable bonds is 4. The Morgan fingerprint density at radius 3 is 2.83 bits per heavy atom. The van der Waals surface area contributed by atoms with Crippen LogP contribution >= 0.6 is 11.3 Å². The minimum Gasteiger partial charge on any atom is -0.462 e. The molecule has 0 saturated heterocycles. The van der Waals surface area contributed by atoms with E-state index in [2.05, 4.69) is 10.3 Å². The van der Waals surface area contributed by atoms with Crippen LogP contribution in [-0.4, -0.2) is 17.6 Å². The van der Waals surface area contributed by atoms with Gasteiger partial charge >= 0.3 is 5.97 Å². The number of benzene rings is 1. The molecule has 0 spiro atoms. The Balaban J connectivity index is 2.16. The third-order valence-corrected chi connectivity index (χ3v) is 3.11. The zero-order valence-electron chi connectivity index (χ0n) is 9.84. The van der Waals surface area contributed by atoms with Crippen molar-refractivity contribution in [1.82, 2.24) is 4.98 Å². The smallest absolute Gasteiger partial charge is 0.352 e. The topological polar surface area (TPSA) is 77.2 Å². The standard InChI is InChI=1S/C12H13N3O2S/c1-2-17-11(16)9-10(13)15-12(18-9)14-8-6-4-3-5-7-8/h3-7H,2,13H2,1H3,(H,14,15). The third kappa shape index (κ3) is 2.78. The minimum atomic E-state index is -0.436. The van der Waals surface area contributed by atoms with Crippen molar-refractivity contribution in [2.75, 3.05) is 17.7 Å². The van der Waals surface area contributed by atoms with Gasteiger partial charge in [-0.25, -0.2) is 9.78 Å². The lowest BCUT2D eigenvalue weighted by Crippen LogP contribution is -2.05. The molecule has 0 saturated carbocycles. The lowest BCUT2D eigenvalue weighted by Gasteiger charge is -2.00. The molecule has 2 rings (SSSR count). The van der Waals surface area contributed by atoms with Crippen LogP contribution in [-0.2, 0) is 4.74 Å². The molecule has 0 amide bonds. The number of nitrogen functional groups attached to an aromatic ring is 1. The molecule has 18 heavy (non-hydrogen) atoms. The van der Waals surface area contributed by atoms with Crippen molar-refractivity contribution in [3.05, 3.63) is 35.2 Å². The summed E-state index contributed by atoms with van der Waals surface area (Å²) in [6, 6.07) is 9.55. The Morgan fingerprint density at radius 1 is 1.44 bits per heavy atom. The van der Waals surface area contributed by atoms with Crippen LogP contribution in [0.1, 0.15) is 16.6 Å².